The van der Waals surface area contributed by atoms with Crippen molar-refractivity contribution in [2.45, 2.75) is 38.6 Å². The Morgan fingerprint density at radius 2 is 2.50 bits per heavy atom. The maximum atomic E-state index is 11.3. The number of carboxylic acid groups (broad SMARTS) is 1. The van der Waals surface area contributed by atoms with Crippen molar-refractivity contribution >= 4 is 22.4 Å². The molecule has 1 aromatic heterocycles. The van der Waals surface area contributed by atoms with Gasteiger partial charge in [0, 0.05) is 11.9 Å². The molecular weight excluding hydrogens is 224 g/mol. The summed E-state index contributed by atoms with van der Waals surface area (Å²) in [5.41, 5.74) is 0.266. The summed E-state index contributed by atoms with van der Waals surface area (Å²) in [5.74, 6) is -0.752. The van der Waals surface area contributed by atoms with Crippen LogP contribution in [0.25, 0.3) is 0 Å². The number of carbonyl (C=O) groups is 1. The molecule has 0 radical (unpaired) electrons. The fraction of sp³-hybridized carbons (Fsp3) is 0.636. The first-order valence-electron chi connectivity index (χ1n) is 5.53. The van der Waals surface area contributed by atoms with Gasteiger partial charge in [-0.15, -0.1) is 11.3 Å². The summed E-state index contributed by atoms with van der Waals surface area (Å²) in [7, 11) is 0. The number of nitrogens with zero attached hydrogens (tertiary/aromatic N) is 2. The Morgan fingerprint density at radius 1 is 1.75 bits per heavy atom. The molecule has 1 N–H and O–H groups in total. The third-order valence-electron chi connectivity index (χ3n) is 3.23. The summed E-state index contributed by atoms with van der Waals surface area (Å²) in [4.78, 5) is 17.7. The molecule has 1 aliphatic heterocycles. The van der Waals surface area contributed by atoms with Gasteiger partial charge >= 0.3 is 5.97 Å². The van der Waals surface area contributed by atoms with Crippen LogP contribution < -0.4 is 4.90 Å². The number of carboxylic acids is 1. The van der Waals surface area contributed by atoms with Crippen molar-refractivity contribution in [2.24, 2.45) is 0 Å². The second kappa shape index (κ2) is 4.05. The maximum Gasteiger partial charge on any atom is 0.329 e. The molecule has 0 amide bonds. The van der Waals surface area contributed by atoms with Gasteiger partial charge in [-0.1, -0.05) is 6.92 Å². The minimum Gasteiger partial charge on any atom is -0.480 e. The largest absolute Gasteiger partial charge is 0.480 e. The molecule has 1 fully saturated rings. The Labute approximate surface area is 98.9 Å². The molecule has 1 unspecified atom stereocenters. The van der Waals surface area contributed by atoms with Crippen LogP contribution in [-0.2, 0) is 11.2 Å². The third kappa shape index (κ3) is 1.69. The van der Waals surface area contributed by atoms with Gasteiger partial charge in [-0.25, -0.2) is 9.78 Å². The lowest BCUT2D eigenvalue weighted by atomic mass is 10.00. The van der Waals surface area contributed by atoms with E-state index in [1.807, 2.05) is 10.3 Å². The summed E-state index contributed by atoms with van der Waals surface area (Å²) in [5, 5.41) is 12.2. The second-order valence-corrected chi connectivity index (χ2v) is 5.15. The van der Waals surface area contributed by atoms with Gasteiger partial charge in [0.2, 0.25) is 0 Å². The Kier molecular flexibility index (Phi) is 2.88. The summed E-state index contributed by atoms with van der Waals surface area (Å²) in [6, 6.07) is 0. The average molecular weight is 240 g/mol. The fourth-order valence-corrected chi connectivity index (χ4v) is 3.13. The van der Waals surface area contributed by atoms with Crippen molar-refractivity contribution in [2.75, 3.05) is 11.4 Å². The van der Waals surface area contributed by atoms with Crippen molar-refractivity contribution in [3.05, 3.63) is 11.1 Å². The molecule has 4 nitrogen and oxygen atoms in total. The molecule has 0 bridgehead atoms. The molecule has 5 heteroatoms. The summed E-state index contributed by atoms with van der Waals surface area (Å²) in [6.45, 7) is 4.63. The van der Waals surface area contributed by atoms with E-state index < -0.39 is 11.5 Å². The van der Waals surface area contributed by atoms with Gasteiger partial charge in [-0.05, 0) is 26.2 Å². The predicted molar refractivity (Wildman–Crippen MR) is 64.1 cm³/mol. The zero-order valence-electron chi connectivity index (χ0n) is 9.56. The first-order chi connectivity index (χ1) is 7.58. The SMILES string of the molecule is CCc1csc(N2CCCC2(C)C(=O)O)n1. The van der Waals surface area contributed by atoms with Crippen LogP contribution >= 0.6 is 11.3 Å². The number of thiazole rings is 1. The lowest BCUT2D eigenvalue weighted by molar-refractivity contribution is -0.142. The highest BCUT2D eigenvalue weighted by atomic mass is 32.1. The number of anilines is 1. The van der Waals surface area contributed by atoms with Crippen LogP contribution in [0.5, 0.6) is 0 Å². The normalized spacial score (nSPS) is 25.0. The average Bonchev–Trinajstić information content (AvgIpc) is 2.84. The Bertz CT molecular complexity index is 404. The highest BCUT2D eigenvalue weighted by Gasteiger charge is 2.44. The van der Waals surface area contributed by atoms with Crippen LogP contribution in [0.1, 0.15) is 32.4 Å². The van der Waals surface area contributed by atoms with Crippen molar-refractivity contribution in [1.82, 2.24) is 4.98 Å². The molecule has 1 atom stereocenters. The van der Waals surface area contributed by atoms with E-state index in [1.54, 1.807) is 18.3 Å². The maximum absolute atomic E-state index is 11.3. The Morgan fingerprint density at radius 3 is 3.06 bits per heavy atom. The van der Waals surface area contributed by atoms with E-state index in [9.17, 15) is 9.90 Å². The zero-order chi connectivity index (χ0) is 11.8. The van der Waals surface area contributed by atoms with Crippen LogP contribution in [0.15, 0.2) is 5.38 Å². The third-order valence-corrected chi connectivity index (χ3v) is 4.15. The number of rotatable bonds is 3. The van der Waals surface area contributed by atoms with Crippen LogP contribution in [0, 0.1) is 0 Å². The first-order valence-corrected chi connectivity index (χ1v) is 6.41. The molecule has 1 aromatic rings. The number of aliphatic carboxylic acids is 1. The van der Waals surface area contributed by atoms with E-state index in [1.165, 1.54) is 0 Å². The quantitative estimate of drug-likeness (QED) is 0.879. The predicted octanol–water partition coefficient (Wildman–Crippen LogP) is 2.15. The lowest BCUT2D eigenvalue weighted by Crippen LogP contribution is -2.48. The van der Waals surface area contributed by atoms with Crippen LogP contribution in [0.3, 0.4) is 0 Å². The molecule has 2 rings (SSSR count). The van der Waals surface area contributed by atoms with E-state index in [-0.39, 0.29) is 0 Å². The van der Waals surface area contributed by atoms with E-state index in [0.717, 1.165) is 30.2 Å². The molecule has 0 spiro atoms. The second-order valence-electron chi connectivity index (χ2n) is 4.31. The van der Waals surface area contributed by atoms with Gasteiger partial charge in [0.1, 0.15) is 5.54 Å². The molecule has 0 aliphatic carbocycles. The van der Waals surface area contributed by atoms with Crippen molar-refractivity contribution < 1.29 is 9.90 Å². The van der Waals surface area contributed by atoms with Crippen LogP contribution in [0.4, 0.5) is 5.13 Å². The number of aromatic nitrogens is 1. The molecule has 0 saturated carbocycles. The molecule has 16 heavy (non-hydrogen) atoms. The standard InChI is InChI=1S/C11H16N2O2S/c1-3-8-7-16-10(12-8)13-6-4-5-11(13,2)9(14)15/h7H,3-6H2,1-2H3,(H,14,15). The molecule has 1 aliphatic rings. The first kappa shape index (κ1) is 11.4. The van der Waals surface area contributed by atoms with Gasteiger partial charge < -0.3 is 10.0 Å². The van der Waals surface area contributed by atoms with Gasteiger partial charge in [-0.2, -0.15) is 0 Å². The lowest BCUT2D eigenvalue weighted by Gasteiger charge is -2.30. The van der Waals surface area contributed by atoms with Crippen molar-refractivity contribution in [3.8, 4) is 0 Å². The van der Waals surface area contributed by atoms with Gasteiger partial charge in [0.25, 0.3) is 0 Å². The minimum absolute atomic E-state index is 0.698. The minimum atomic E-state index is -0.775. The van der Waals surface area contributed by atoms with Crippen LogP contribution in [-0.4, -0.2) is 28.1 Å². The fourth-order valence-electron chi connectivity index (χ4n) is 2.07. The monoisotopic (exact) mass is 240 g/mol. The number of hydrogen-bond donors (Lipinski definition) is 1. The van der Waals surface area contributed by atoms with E-state index in [2.05, 4.69) is 11.9 Å². The van der Waals surface area contributed by atoms with Gasteiger partial charge in [0.05, 0.1) is 5.69 Å². The number of aryl methyl sites for hydroxylation is 1. The molecular formula is C11H16N2O2S. The van der Waals surface area contributed by atoms with E-state index >= 15 is 0 Å². The van der Waals surface area contributed by atoms with Gasteiger partial charge in [-0.3, -0.25) is 0 Å². The molecule has 1 saturated heterocycles. The van der Waals surface area contributed by atoms with Gasteiger partial charge in [0.15, 0.2) is 5.13 Å². The van der Waals surface area contributed by atoms with E-state index in [0.29, 0.717) is 6.42 Å². The smallest absolute Gasteiger partial charge is 0.329 e. The molecule has 88 valence electrons. The topological polar surface area (TPSA) is 53.4 Å². The van der Waals surface area contributed by atoms with Crippen LogP contribution in [0.2, 0.25) is 0 Å². The highest BCUT2D eigenvalue weighted by molar-refractivity contribution is 7.13. The molecule has 0 aromatic carbocycles. The summed E-state index contributed by atoms with van der Waals surface area (Å²) < 4.78 is 0. The van der Waals surface area contributed by atoms with Crippen molar-refractivity contribution in [1.29, 1.82) is 0 Å². The zero-order valence-corrected chi connectivity index (χ0v) is 10.4. The van der Waals surface area contributed by atoms with Crippen molar-refractivity contribution in [3.63, 3.8) is 0 Å². The Hall–Kier alpha value is -1.10. The highest BCUT2D eigenvalue weighted by Crippen LogP contribution is 2.35. The van der Waals surface area contributed by atoms with E-state index in [4.69, 9.17) is 0 Å². The number of hydrogen-bond acceptors (Lipinski definition) is 4. The summed E-state index contributed by atoms with van der Waals surface area (Å²) >= 11 is 1.54. The summed E-state index contributed by atoms with van der Waals surface area (Å²) in [6.07, 6.45) is 2.52. The Balaban J connectivity index is 2.29. The molecule has 2 heterocycles.